The Balaban J connectivity index is 1.53. The summed E-state index contributed by atoms with van der Waals surface area (Å²) in [5, 5.41) is 3.10. The number of benzene rings is 1. The second kappa shape index (κ2) is 7.30. The molecule has 0 saturated heterocycles. The molecule has 1 aromatic carbocycles. The molecule has 2 atom stereocenters. The SMILES string of the molecule is Cc1ncsc1CN(C)C(=O)NC1CCC(c2cccc(F)c2)C1. The van der Waals surface area contributed by atoms with Crippen molar-refractivity contribution < 1.29 is 9.18 Å². The molecule has 3 rings (SSSR count). The first kappa shape index (κ1) is 16.9. The molecule has 4 nitrogen and oxygen atoms in total. The molecule has 1 saturated carbocycles. The minimum Gasteiger partial charge on any atom is -0.335 e. The molecule has 1 fully saturated rings. The van der Waals surface area contributed by atoms with E-state index in [0.29, 0.717) is 12.5 Å². The number of rotatable bonds is 4. The number of hydrogen-bond acceptors (Lipinski definition) is 3. The van der Waals surface area contributed by atoms with Crippen LogP contribution in [0.3, 0.4) is 0 Å². The molecule has 0 aliphatic heterocycles. The third-order valence-electron chi connectivity index (χ3n) is 4.65. The smallest absolute Gasteiger partial charge is 0.317 e. The number of nitrogens with zero attached hydrogens (tertiary/aromatic N) is 2. The molecule has 128 valence electrons. The molecule has 24 heavy (non-hydrogen) atoms. The van der Waals surface area contributed by atoms with Gasteiger partial charge in [-0.25, -0.2) is 14.2 Å². The van der Waals surface area contributed by atoms with Gasteiger partial charge in [0.25, 0.3) is 0 Å². The lowest BCUT2D eigenvalue weighted by atomic mass is 9.97. The molecule has 0 spiro atoms. The van der Waals surface area contributed by atoms with Crippen LogP contribution < -0.4 is 5.32 Å². The molecule has 1 aromatic heterocycles. The maximum atomic E-state index is 13.4. The van der Waals surface area contributed by atoms with Crippen molar-refractivity contribution in [1.82, 2.24) is 15.2 Å². The maximum Gasteiger partial charge on any atom is 0.317 e. The van der Waals surface area contributed by atoms with Crippen LogP contribution in [0.1, 0.15) is 41.3 Å². The molecular weight excluding hydrogens is 325 g/mol. The molecule has 1 aliphatic rings. The number of thiazole rings is 1. The normalized spacial score (nSPS) is 20.1. The Morgan fingerprint density at radius 3 is 3.00 bits per heavy atom. The number of urea groups is 1. The van der Waals surface area contributed by atoms with Crippen molar-refractivity contribution in [1.29, 1.82) is 0 Å². The third-order valence-corrected chi connectivity index (χ3v) is 5.57. The Hall–Kier alpha value is -1.95. The molecule has 0 bridgehead atoms. The number of carbonyl (C=O) groups is 1. The fourth-order valence-corrected chi connectivity index (χ4v) is 4.06. The molecule has 1 N–H and O–H groups in total. The van der Waals surface area contributed by atoms with Crippen molar-refractivity contribution >= 4 is 17.4 Å². The Bertz CT molecular complexity index is 718. The fraction of sp³-hybridized carbons (Fsp3) is 0.444. The number of halogens is 1. The van der Waals surface area contributed by atoms with Crippen LogP contribution in [0.4, 0.5) is 9.18 Å². The minimum atomic E-state index is -0.195. The first-order chi connectivity index (χ1) is 11.5. The van der Waals surface area contributed by atoms with Crippen LogP contribution in [0.5, 0.6) is 0 Å². The fourth-order valence-electron chi connectivity index (χ4n) is 3.23. The zero-order valence-electron chi connectivity index (χ0n) is 14.0. The summed E-state index contributed by atoms with van der Waals surface area (Å²) in [7, 11) is 1.80. The van der Waals surface area contributed by atoms with Crippen molar-refractivity contribution in [3.63, 3.8) is 0 Å². The van der Waals surface area contributed by atoms with Crippen molar-refractivity contribution in [2.45, 2.75) is 44.7 Å². The van der Waals surface area contributed by atoms with Gasteiger partial charge in [-0.1, -0.05) is 12.1 Å². The highest BCUT2D eigenvalue weighted by Gasteiger charge is 2.28. The monoisotopic (exact) mass is 347 g/mol. The quantitative estimate of drug-likeness (QED) is 0.906. The van der Waals surface area contributed by atoms with E-state index in [2.05, 4.69) is 10.3 Å². The minimum absolute atomic E-state index is 0.0623. The lowest BCUT2D eigenvalue weighted by Gasteiger charge is -2.21. The van der Waals surface area contributed by atoms with E-state index in [1.165, 1.54) is 6.07 Å². The summed E-state index contributed by atoms with van der Waals surface area (Å²) in [6, 6.07) is 6.88. The highest BCUT2D eigenvalue weighted by atomic mass is 32.1. The van der Waals surface area contributed by atoms with Crippen LogP contribution >= 0.6 is 11.3 Å². The summed E-state index contributed by atoms with van der Waals surface area (Å²) >= 11 is 1.57. The van der Waals surface area contributed by atoms with Crippen LogP contribution in [0, 0.1) is 12.7 Å². The van der Waals surface area contributed by atoms with Gasteiger partial charge in [0.05, 0.1) is 17.7 Å². The van der Waals surface area contributed by atoms with Gasteiger partial charge >= 0.3 is 6.03 Å². The van der Waals surface area contributed by atoms with Crippen LogP contribution in [-0.4, -0.2) is 29.0 Å². The van der Waals surface area contributed by atoms with Gasteiger partial charge in [-0.2, -0.15) is 0 Å². The standard InChI is InChI=1S/C18H22FN3OS/c1-12-17(24-11-20-12)10-22(2)18(23)21-16-7-6-14(9-16)13-4-3-5-15(19)8-13/h3-5,8,11,14,16H,6-7,9-10H2,1-2H3,(H,21,23). The van der Waals surface area contributed by atoms with Crippen LogP contribution in [-0.2, 0) is 6.54 Å². The summed E-state index contributed by atoms with van der Waals surface area (Å²) in [6.07, 6.45) is 2.77. The van der Waals surface area contributed by atoms with E-state index in [0.717, 1.165) is 35.4 Å². The Morgan fingerprint density at radius 2 is 2.29 bits per heavy atom. The predicted octanol–water partition coefficient (Wildman–Crippen LogP) is 4.07. The highest BCUT2D eigenvalue weighted by Crippen LogP contribution is 2.34. The van der Waals surface area contributed by atoms with E-state index in [1.807, 2.05) is 13.0 Å². The van der Waals surface area contributed by atoms with Gasteiger partial charge in [-0.15, -0.1) is 11.3 Å². The van der Waals surface area contributed by atoms with Crippen molar-refractivity contribution in [2.75, 3.05) is 7.05 Å². The zero-order chi connectivity index (χ0) is 17.1. The molecule has 1 aliphatic carbocycles. The van der Waals surface area contributed by atoms with Crippen molar-refractivity contribution in [2.24, 2.45) is 0 Å². The number of carbonyl (C=O) groups excluding carboxylic acids is 1. The Kier molecular flexibility index (Phi) is 5.14. The van der Waals surface area contributed by atoms with Gasteiger partial charge in [0.2, 0.25) is 0 Å². The van der Waals surface area contributed by atoms with Crippen LogP contribution in [0.25, 0.3) is 0 Å². The molecule has 1 heterocycles. The molecule has 2 amide bonds. The van der Waals surface area contributed by atoms with Crippen LogP contribution in [0.2, 0.25) is 0 Å². The van der Waals surface area contributed by atoms with E-state index >= 15 is 0 Å². The van der Waals surface area contributed by atoms with E-state index in [9.17, 15) is 9.18 Å². The first-order valence-electron chi connectivity index (χ1n) is 8.19. The Morgan fingerprint density at radius 1 is 1.46 bits per heavy atom. The van der Waals surface area contributed by atoms with E-state index in [1.54, 1.807) is 40.9 Å². The van der Waals surface area contributed by atoms with E-state index in [-0.39, 0.29) is 17.9 Å². The summed E-state index contributed by atoms with van der Waals surface area (Å²) < 4.78 is 13.4. The number of aromatic nitrogens is 1. The average Bonchev–Trinajstić information content (AvgIpc) is 3.17. The van der Waals surface area contributed by atoms with Crippen LogP contribution in [0.15, 0.2) is 29.8 Å². The third kappa shape index (κ3) is 3.93. The molecular formula is C18H22FN3OS. The van der Waals surface area contributed by atoms with Gasteiger partial charge in [-0.05, 0) is 49.8 Å². The maximum absolute atomic E-state index is 13.4. The largest absolute Gasteiger partial charge is 0.335 e. The van der Waals surface area contributed by atoms with E-state index in [4.69, 9.17) is 0 Å². The molecule has 0 radical (unpaired) electrons. The van der Waals surface area contributed by atoms with Gasteiger partial charge in [0, 0.05) is 18.0 Å². The first-order valence-corrected chi connectivity index (χ1v) is 9.07. The molecule has 6 heteroatoms. The number of aryl methyl sites for hydroxylation is 1. The molecule has 2 unspecified atom stereocenters. The zero-order valence-corrected chi connectivity index (χ0v) is 14.8. The summed E-state index contributed by atoms with van der Waals surface area (Å²) in [6.45, 7) is 2.53. The number of hydrogen-bond donors (Lipinski definition) is 1. The second-order valence-electron chi connectivity index (χ2n) is 6.43. The average molecular weight is 347 g/mol. The van der Waals surface area contributed by atoms with Gasteiger partial charge in [-0.3, -0.25) is 0 Å². The lowest BCUT2D eigenvalue weighted by molar-refractivity contribution is 0.203. The summed E-state index contributed by atoms with van der Waals surface area (Å²) in [5.41, 5.74) is 3.81. The van der Waals surface area contributed by atoms with Gasteiger partial charge in [0.1, 0.15) is 5.82 Å². The van der Waals surface area contributed by atoms with E-state index < -0.39 is 0 Å². The topological polar surface area (TPSA) is 45.2 Å². The van der Waals surface area contributed by atoms with Crippen molar-refractivity contribution in [3.8, 4) is 0 Å². The second-order valence-corrected chi connectivity index (χ2v) is 7.37. The number of amides is 2. The summed E-state index contributed by atoms with van der Waals surface area (Å²) in [5.74, 6) is 0.125. The van der Waals surface area contributed by atoms with Gasteiger partial charge in [0.15, 0.2) is 0 Å². The lowest BCUT2D eigenvalue weighted by Crippen LogP contribution is -2.41. The van der Waals surface area contributed by atoms with Crippen molar-refractivity contribution in [3.05, 3.63) is 51.7 Å². The molecule has 2 aromatic rings. The predicted molar refractivity (Wildman–Crippen MR) is 93.6 cm³/mol. The summed E-state index contributed by atoms with van der Waals surface area (Å²) in [4.78, 5) is 19.4. The highest BCUT2D eigenvalue weighted by molar-refractivity contribution is 7.09. The Labute approximate surface area is 145 Å². The number of nitrogens with one attached hydrogen (secondary N) is 1. The van der Waals surface area contributed by atoms with Gasteiger partial charge < -0.3 is 10.2 Å².